The summed E-state index contributed by atoms with van der Waals surface area (Å²) in [5.41, 5.74) is 3.45. The van der Waals surface area contributed by atoms with E-state index in [2.05, 4.69) is 14.9 Å². The average molecular weight is 347 g/mol. The van der Waals surface area contributed by atoms with Crippen molar-refractivity contribution >= 4 is 17.3 Å². The van der Waals surface area contributed by atoms with E-state index in [9.17, 15) is 4.79 Å². The number of thiazole rings is 1. The maximum absolute atomic E-state index is 11.7. The van der Waals surface area contributed by atoms with Crippen LogP contribution < -0.4 is 4.74 Å². The largest absolute Gasteiger partial charge is 0.474 e. The van der Waals surface area contributed by atoms with Gasteiger partial charge in [0.05, 0.1) is 18.3 Å². The first-order valence-corrected chi connectivity index (χ1v) is 8.87. The third kappa shape index (κ3) is 4.10. The second-order valence-electron chi connectivity index (χ2n) is 5.83. The Balaban J connectivity index is 1.52. The predicted octanol–water partition coefficient (Wildman–Crippen LogP) is 2.68. The second-order valence-corrected chi connectivity index (χ2v) is 6.69. The number of likely N-dealkylation sites (tertiary alicyclic amines) is 1. The maximum atomic E-state index is 11.7. The number of hydrogen-bond donors (Lipinski definition) is 0. The zero-order valence-electron chi connectivity index (χ0n) is 13.9. The molecule has 24 heavy (non-hydrogen) atoms. The van der Waals surface area contributed by atoms with Crippen molar-refractivity contribution in [3.8, 4) is 5.88 Å². The maximum Gasteiger partial charge on any atom is 0.350 e. The lowest BCUT2D eigenvalue weighted by atomic mass is 10.1. The Morgan fingerprint density at radius 1 is 1.38 bits per heavy atom. The number of aromatic nitrogens is 2. The second kappa shape index (κ2) is 7.72. The highest BCUT2D eigenvalue weighted by Crippen LogP contribution is 2.21. The molecule has 0 radical (unpaired) electrons. The van der Waals surface area contributed by atoms with Crippen molar-refractivity contribution in [2.45, 2.75) is 32.4 Å². The highest BCUT2D eigenvalue weighted by molar-refractivity contribution is 7.11. The van der Waals surface area contributed by atoms with Crippen molar-refractivity contribution in [1.82, 2.24) is 14.9 Å². The topological polar surface area (TPSA) is 64.5 Å². The number of ether oxygens (including phenoxy) is 2. The van der Waals surface area contributed by atoms with Gasteiger partial charge in [0, 0.05) is 31.4 Å². The minimum absolute atomic E-state index is 0.186. The van der Waals surface area contributed by atoms with Gasteiger partial charge in [0.2, 0.25) is 5.88 Å². The van der Waals surface area contributed by atoms with E-state index in [0.717, 1.165) is 37.3 Å². The predicted molar refractivity (Wildman–Crippen MR) is 91.4 cm³/mol. The minimum atomic E-state index is -0.309. The van der Waals surface area contributed by atoms with Crippen LogP contribution in [0.3, 0.4) is 0 Å². The SMILES string of the molecule is COC(=O)c1scnc1CN1CCC(Oc2cccc(C)n2)CC1. The van der Waals surface area contributed by atoms with Crippen LogP contribution in [0.4, 0.5) is 0 Å². The normalized spacial score (nSPS) is 16.1. The molecule has 128 valence electrons. The molecule has 0 N–H and O–H groups in total. The van der Waals surface area contributed by atoms with Crippen molar-refractivity contribution in [2.75, 3.05) is 20.2 Å². The van der Waals surface area contributed by atoms with Crippen LogP contribution in [0.5, 0.6) is 5.88 Å². The summed E-state index contributed by atoms with van der Waals surface area (Å²) >= 11 is 1.33. The van der Waals surface area contributed by atoms with Gasteiger partial charge < -0.3 is 9.47 Å². The van der Waals surface area contributed by atoms with Crippen molar-refractivity contribution in [3.05, 3.63) is 40.0 Å². The fourth-order valence-corrected chi connectivity index (χ4v) is 3.51. The molecule has 0 aromatic carbocycles. The lowest BCUT2D eigenvalue weighted by Crippen LogP contribution is -2.38. The number of methoxy groups -OCH3 is 1. The summed E-state index contributed by atoms with van der Waals surface area (Å²) in [6.07, 6.45) is 2.06. The lowest BCUT2D eigenvalue weighted by Gasteiger charge is -2.31. The number of piperidine rings is 1. The van der Waals surface area contributed by atoms with Crippen LogP contribution in [-0.4, -0.2) is 47.1 Å². The molecule has 1 saturated heterocycles. The molecule has 1 aliphatic rings. The molecule has 2 aromatic rings. The first kappa shape index (κ1) is 16.9. The first-order valence-electron chi connectivity index (χ1n) is 7.99. The minimum Gasteiger partial charge on any atom is -0.474 e. The molecule has 2 aromatic heterocycles. The molecule has 0 bridgehead atoms. The van der Waals surface area contributed by atoms with Crippen molar-refractivity contribution in [1.29, 1.82) is 0 Å². The standard InChI is InChI=1S/C17H21N3O3S/c1-12-4-3-5-15(19-12)23-13-6-8-20(9-7-13)10-14-16(17(21)22-2)24-11-18-14/h3-5,11,13H,6-10H2,1-2H3. The lowest BCUT2D eigenvalue weighted by molar-refractivity contribution is 0.0600. The molecule has 7 heteroatoms. The van der Waals surface area contributed by atoms with Gasteiger partial charge in [0.1, 0.15) is 11.0 Å². The average Bonchev–Trinajstić information content (AvgIpc) is 3.04. The van der Waals surface area contributed by atoms with E-state index in [1.54, 1.807) is 5.51 Å². The number of aryl methyl sites for hydroxylation is 1. The van der Waals surface area contributed by atoms with Gasteiger partial charge in [-0.2, -0.15) is 0 Å². The molecule has 0 amide bonds. The number of carbonyl (C=O) groups is 1. The van der Waals surface area contributed by atoms with Crippen LogP contribution in [0.25, 0.3) is 0 Å². The van der Waals surface area contributed by atoms with Crippen molar-refractivity contribution < 1.29 is 14.3 Å². The Kier molecular flexibility index (Phi) is 5.42. The van der Waals surface area contributed by atoms with Crippen LogP contribution in [0.2, 0.25) is 0 Å². The summed E-state index contributed by atoms with van der Waals surface area (Å²) in [6, 6.07) is 5.82. The van der Waals surface area contributed by atoms with Gasteiger partial charge in [0.15, 0.2) is 0 Å². The summed E-state index contributed by atoms with van der Waals surface area (Å²) in [5, 5.41) is 0. The Morgan fingerprint density at radius 2 is 2.17 bits per heavy atom. The van der Waals surface area contributed by atoms with Gasteiger partial charge in [-0.05, 0) is 25.8 Å². The van der Waals surface area contributed by atoms with Crippen LogP contribution in [0.15, 0.2) is 23.7 Å². The molecule has 3 rings (SSSR count). The highest BCUT2D eigenvalue weighted by atomic mass is 32.1. The molecular formula is C17H21N3O3S. The monoisotopic (exact) mass is 347 g/mol. The fraction of sp³-hybridized carbons (Fsp3) is 0.471. The molecule has 0 aliphatic carbocycles. The number of nitrogens with zero attached hydrogens (tertiary/aromatic N) is 3. The Labute approximate surface area is 145 Å². The molecule has 1 aliphatic heterocycles. The summed E-state index contributed by atoms with van der Waals surface area (Å²) in [7, 11) is 1.40. The number of pyridine rings is 1. The van der Waals surface area contributed by atoms with Crippen LogP contribution in [0.1, 0.15) is 33.9 Å². The van der Waals surface area contributed by atoms with Gasteiger partial charge in [-0.3, -0.25) is 4.90 Å². The van der Waals surface area contributed by atoms with E-state index in [4.69, 9.17) is 9.47 Å². The van der Waals surface area contributed by atoms with E-state index in [0.29, 0.717) is 17.3 Å². The van der Waals surface area contributed by atoms with E-state index >= 15 is 0 Å². The summed E-state index contributed by atoms with van der Waals surface area (Å²) in [5.74, 6) is 0.386. The van der Waals surface area contributed by atoms with Crippen LogP contribution >= 0.6 is 11.3 Å². The zero-order chi connectivity index (χ0) is 16.9. The molecule has 0 spiro atoms. The van der Waals surface area contributed by atoms with E-state index in [1.807, 2.05) is 25.1 Å². The fourth-order valence-electron chi connectivity index (χ4n) is 2.79. The summed E-state index contributed by atoms with van der Waals surface area (Å²) < 4.78 is 10.8. The molecule has 6 nitrogen and oxygen atoms in total. The number of hydrogen-bond acceptors (Lipinski definition) is 7. The van der Waals surface area contributed by atoms with Crippen molar-refractivity contribution in [3.63, 3.8) is 0 Å². The molecule has 1 fully saturated rings. The molecule has 0 unspecified atom stereocenters. The first-order chi connectivity index (χ1) is 11.7. The van der Waals surface area contributed by atoms with Gasteiger partial charge in [-0.15, -0.1) is 11.3 Å². The summed E-state index contributed by atoms with van der Waals surface area (Å²) in [4.78, 5) is 23.3. The molecule has 0 saturated carbocycles. The van der Waals surface area contributed by atoms with Gasteiger partial charge in [0.25, 0.3) is 0 Å². The molecule has 0 atom stereocenters. The summed E-state index contributed by atoms with van der Waals surface area (Å²) in [6.45, 7) is 4.45. The zero-order valence-corrected chi connectivity index (χ0v) is 14.7. The Hall–Kier alpha value is -1.99. The quantitative estimate of drug-likeness (QED) is 0.775. The van der Waals surface area contributed by atoms with Crippen LogP contribution in [0, 0.1) is 6.92 Å². The third-order valence-corrected chi connectivity index (χ3v) is 4.92. The molecular weight excluding hydrogens is 326 g/mol. The van der Waals surface area contributed by atoms with Crippen molar-refractivity contribution in [2.24, 2.45) is 0 Å². The van der Waals surface area contributed by atoms with Gasteiger partial charge in [-0.1, -0.05) is 6.07 Å². The van der Waals surface area contributed by atoms with Gasteiger partial charge >= 0.3 is 5.97 Å². The van der Waals surface area contributed by atoms with E-state index < -0.39 is 0 Å². The Bertz CT molecular complexity index is 696. The van der Waals surface area contributed by atoms with Crippen LogP contribution in [-0.2, 0) is 11.3 Å². The Morgan fingerprint density at radius 3 is 2.88 bits per heavy atom. The van der Waals surface area contributed by atoms with Gasteiger partial charge in [-0.25, -0.2) is 14.8 Å². The number of rotatable bonds is 5. The number of carbonyl (C=O) groups excluding carboxylic acids is 1. The third-order valence-electron chi connectivity index (χ3n) is 4.07. The number of esters is 1. The highest BCUT2D eigenvalue weighted by Gasteiger charge is 2.23. The smallest absolute Gasteiger partial charge is 0.350 e. The van der Waals surface area contributed by atoms with E-state index in [1.165, 1.54) is 18.4 Å². The van der Waals surface area contributed by atoms with E-state index in [-0.39, 0.29) is 12.1 Å². The molecule has 3 heterocycles.